The maximum Gasteiger partial charge on any atom is 0.335 e. The minimum atomic E-state index is -0.930. The average Bonchev–Trinajstić information content (AvgIpc) is 2.89. The van der Waals surface area contributed by atoms with Crippen LogP contribution < -0.4 is 4.74 Å². The van der Waals surface area contributed by atoms with Gasteiger partial charge in [0.05, 0.1) is 5.56 Å². The van der Waals surface area contributed by atoms with E-state index in [2.05, 4.69) is 17.5 Å². The molecule has 0 radical (unpaired) electrons. The summed E-state index contributed by atoms with van der Waals surface area (Å²) in [6, 6.07) is 14.7. The predicted octanol–water partition coefficient (Wildman–Crippen LogP) is 4.18. The van der Waals surface area contributed by atoms with E-state index in [1.165, 1.54) is 10.1 Å². The van der Waals surface area contributed by atoms with Crippen LogP contribution in [0, 0.1) is 0 Å². The van der Waals surface area contributed by atoms with Gasteiger partial charge in [-0.3, -0.25) is 0 Å². The molecule has 0 atom stereocenters. The second kappa shape index (κ2) is 5.35. The van der Waals surface area contributed by atoms with Gasteiger partial charge >= 0.3 is 5.97 Å². The summed E-state index contributed by atoms with van der Waals surface area (Å²) in [6.45, 7) is 0.483. The molecule has 0 saturated carbocycles. The molecule has 1 heterocycles. The largest absolute Gasteiger partial charge is 0.489 e. The topological polar surface area (TPSA) is 46.5 Å². The third-order valence-electron chi connectivity index (χ3n) is 3.06. The predicted molar refractivity (Wildman–Crippen MR) is 79.6 cm³/mol. The van der Waals surface area contributed by atoms with Crippen molar-refractivity contribution >= 4 is 27.4 Å². The molecule has 3 rings (SSSR count). The van der Waals surface area contributed by atoms with E-state index in [-0.39, 0.29) is 5.56 Å². The van der Waals surface area contributed by atoms with Gasteiger partial charge in [-0.05, 0) is 41.1 Å². The second-order valence-electron chi connectivity index (χ2n) is 4.38. The molecule has 0 unspecified atom stereocenters. The minimum Gasteiger partial charge on any atom is -0.489 e. The highest BCUT2D eigenvalue weighted by Crippen LogP contribution is 2.26. The number of carbonyl (C=O) groups is 1. The van der Waals surface area contributed by atoms with Gasteiger partial charge in [0.15, 0.2) is 0 Å². The fourth-order valence-corrected chi connectivity index (χ4v) is 2.95. The number of ether oxygens (including phenoxy) is 1. The van der Waals surface area contributed by atoms with Crippen molar-refractivity contribution in [2.45, 2.75) is 6.61 Å². The number of hydrogen-bond donors (Lipinski definition) is 1. The Balaban J connectivity index is 1.74. The molecule has 3 aromatic rings. The van der Waals surface area contributed by atoms with Gasteiger partial charge in [-0.25, -0.2) is 4.79 Å². The summed E-state index contributed by atoms with van der Waals surface area (Å²) in [5.41, 5.74) is 1.41. The summed E-state index contributed by atoms with van der Waals surface area (Å²) in [5.74, 6) is -0.259. The van der Waals surface area contributed by atoms with Crippen LogP contribution in [-0.4, -0.2) is 11.1 Å². The molecule has 0 bridgehead atoms. The lowest BCUT2D eigenvalue weighted by Crippen LogP contribution is -1.97. The molecule has 0 amide bonds. The van der Waals surface area contributed by atoms with Crippen LogP contribution in [0.1, 0.15) is 15.9 Å². The molecule has 4 heteroatoms. The Morgan fingerprint density at radius 3 is 2.60 bits per heavy atom. The van der Waals surface area contributed by atoms with Gasteiger partial charge in [0.2, 0.25) is 0 Å². The van der Waals surface area contributed by atoms with E-state index in [0.717, 1.165) is 5.56 Å². The van der Waals surface area contributed by atoms with Crippen molar-refractivity contribution in [2.75, 3.05) is 0 Å². The van der Waals surface area contributed by atoms with Gasteiger partial charge < -0.3 is 9.84 Å². The molecule has 0 fully saturated rings. The van der Waals surface area contributed by atoms with Crippen LogP contribution >= 0.6 is 11.3 Å². The lowest BCUT2D eigenvalue weighted by Gasteiger charge is -2.05. The summed E-state index contributed by atoms with van der Waals surface area (Å²) in [5, 5.41) is 12.1. The van der Waals surface area contributed by atoms with Gasteiger partial charge in [0, 0.05) is 10.3 Å². The van der Waals surface area contributed by atoms with E-state index < -0.39 is 5.97 Å². The number of rotatable bonds is 4. The highest BCUT2D eigenvalue weighted by Gasteiger charge is 2.05. The molecule has 0 aliphatic rings. The monoisotopic (exact) mass is 284 g/mol. The van der Waals surface area contributed by atoms with E-state index in [9.17, 15) is 4.79 Å². The molecule has 1 N–H and O–H groups in total. The average molecular weight is 284 g/mol. The fraction of sp³-hybridized carbons (Fsp3) is 0.0625. The lowest BCUT2D eigenvalue weighted by atomic mass is 10.2. The molecule has 3 nitrogen and oxygen atoms in total. The van der Waals surface area contributed by atoms with Crippen LogP contribution in [0.2, 0.25) is 0 Å². The highest BCUT2D eigenvalue weighted by molar-refractivity contribution is 7.17. The summed E-state index contributed by atoms with van der Waals surface area (Å²) in [7, 11) is 0. The first-order valence-corrected chi connectivity index (χ1v) is 7.03. The van der Waals surface area contributed by atoms with Gasteiger partial charge in [0.25, 0.3) is 0 Å². The summed E-state index contributed by atoms with van der Waals surface area (Å²) >= 11 is 1.70. The molecular weight excluding hydrogens is 272 g/mol. The quantitative estimate of drug-likeness (QED) is 0.781. The van der Waals surface area contributed by atoms with Crippen molar-refractivity contribution in [3.8, 4) is 5.75 Å². The van der Waals surface area contributed by atoms with E-state index in [4.69, 9.17) is 9.84 Å². The van der Waals surface area contributed by atoms with Crippen molar-refractivity contribution in [3.63, 3.8) is 0 Å². The SMILES string of the molecule is O=C(O)c1ccc(OCc2csc3ccccc23)cc1. The van der Waals surface area contributed by atoms with E-state index in [0.29, 0.717) is 12.4 Å². The van der Waals surface area contributed by atoms with E-state index in [1.54, 1.807) is 35.6 Å². The Hall–Kier alpha value is -2.33. The first-order valence-electron chi connectivity index (χ1n) is 6.15. The summed E-state index contributed by atoms with van der Waals surface area (Å²) in [4.78, 5) is 10.8. The van der Waals surface area contributed by atoms with E-state index >= 15 is 0 Å². The van der Waals surface area contributed by atoms with Crippen molar-refractivity contribution < 1.29 is 14.6 Å². The number of thiophene rings is 1. The third kappa shape index (κ3) is 2.51. The lowest BCUT2D eigenvalue weighted by molar-refractivity contribution is 0.0697. The zero-order valence-electron chi connectivity index (χ0n) is 10.6. The van der Waals surface area contributed by atoms with Crippen molar-refractivity contribution in [1.29, 1.82) is 0 Å². The smallest absolute Gasteiger partial charge is 0.335 e. The molecule has 1 aromatic heterocycles. The first kappa shape index (κ1) is 12.7. The van der Waals surface area contributed by atoms with Crippen LogP contribution in [0.3, 0.4) is 0 Å². The normalized spacial score (nSPS) is 10.6. The first-order chi connectivity index (χ1) is 9.74. The minimum absolute atomic E-state index is 0.262. The molecule has 20 heavy (non-hydrogen) atoms. The summed E-state index contributed by atoms with van der Waals surface area (Å²) in [6.07, 6.45) is 0. The Bertz CT molecular complexity index is 744. The Morgan fingerprint density at radius 2 is 1.85 bits per heavy atom. The molecule has 0 saturated heterocycles. The Kier molecular flexibility index (Phi) is 3.39. The number of fused-ring (bicyclic) bond motifs is 1. The Labute approximate surface area is 120 Å². The van der Waals surface area contributed by atoms with Crippen molar-refractivity contribution in [2.24, 2.45) is 0 Å². The number of benzene rings is 2. The molecule has 100 valence electrons. The Morgan fingerprint density at radius 1 is 1.10 bits per heavy atom. The molecule has 0 aliphatic carbocycles. The maximum absolute atomic E-state index is 10.8. The molecule has 0 spiro atoms. The van der Waals surface area contributed by atoms with Crippen LogP contribution in [0.5, 0.6) is 5.75 Å². The zero-order chi connectivity index (χ0) is 13.9. The van der Waals surface area contributed by atoms with Crippen LogP contribution in [0.25, 0.3) is 10.1 Å². The highest BCUT2D eigenvalue weighted by atomic mass is 32.1. The van der Waals surface area contributed by atoms with Crippen molar-refractivity contribution in [1.82, 2.24) is 0 Å². The molecule has 0 aliphatic heterocycles. The van der Waals surface area contributed by atoms with Gasteiger partial charge in [0.1, 0.15) is 12.4 Å². The number of carboxylic acids is 1. The fourth-order valence-electron chi connectivity index (χ4n) is 2.00. The van der Waals surface area contributed by atoms with Crippen LogP contribution in [0.15, 0.2) is 53.9 Å². The van der Waals surface area contributed by atoms with E-state index in [1.807, 2.05) is 12.1 Å². The number of aromatic carboxylic acids is 1. The van der Waals surface area contributed by atoms with Gasteiger partial charge in [-0.15, -0.1) is 11.3 Å². The standard InChI is InChI=1S/C16H12O3S/c17-16(18)11-5-7-13(8-6-11)19-9-12-10-20-15-4-2-1-3-14(12)15/h1-8,10H,9H2,(H,17,18). The van der Waals surface area contributed by atoms with Gasteiger partial charge in [-0.1, -0.05) is 18.2 Å². The summed E-state index contributed by atoms with van der Waals surface area (Å²) < 4.78 is 6.95. The zero-order valence-corrected chi connectivity index (χ0v) is 11.4. The van der Waals surface area contributed by atoms with Gasteiger partial charge in [-0.2, -0.15) is 0 Å². The number of carboxylic acid groups (broad SMARTS) is 1. The van der Waals surface area contributed by atoms with Crippen molar-refractivity contribution in [3.05, 3.63) is 65.0 Å². The molecule has 2 aromatic carbocycles. The molecular formula is C16H12O3S. The maximum atomic E-state index is 10.8. The van der Waals surface area contributed by atoms with Crippen LogP contribution in [-0.2, 0) is 6.61 Å². The van der Waals surface area contributed by atoms with Crippen LogP contribution in [0.4, 0.5) is 0 Å². The number of hydrogen-bond acceptors (Lipinski definition) is 3. The second-order valence-corrected chi connectivity index (χ2v) is 5.29. The third-order valence-corrected chi connectivity index (χ3v) is 4.07.